The van der Waals surface area contributed by atoms with Gasteiger partial charge >= 0.3 is 11.9 Å². The number of ether oxygens (including phenoxy) is 5. The Morgan fingerprint density at radius 3 is 2.42 bits per heavy atom. The van der Waals surface area contributed by atoms with Crippen LogP contribution in [0.1, 0.15) is 31.2 Å². The maximum Gasteiger partial charge on any atom is 0.344 e. The smallest absolute Gasteiger partial charge is 0.344 e. The second-order valence-corrected chi connectivity index (χ2v) is 6.60. The van der Waals surface area contributed by atoms with Gasteiger partial charge in [-0.05, 0) is 18.4 Å². The van der Waals surface area contributed by atoms with E-state index in [4.69, 9.17) is 23.7 Å². The van der Waals surface area contributed by atoms with Gasteiger partial charge in [-0.15, -0.1) is 0 Å². The van der Waals surface area contributed by atoms with E-state index in [1.54, 1.807) is 0 Å². The van der Waals surface area contributed by atoms with E-state index in [1.165, 1.54) is 14.2 Å². The van der Waals surface area contributed by atoms with Gasteiger partial charge in [-0.1, -0.05) is 30.3 Å². The fourth-order valence-electron chi connectivity index (χ4n) is 3.58. The number of carbonyl (C=O) groups is 2. The molecule has 0 radical (unpaired) electrons. The lowest BCUT2D eigenvalue weighted by Gasteiger charge is -2.29. The SMILES string of the molecule is COC(=O)[C@@H]1OC2(CCCC2)O[C@@]1(COCc1ccccc1)C(=O)OC. The molecule has 0 unspecified atom stereocenters. The van der Waals surface area contributed by atoms with Gasteiger partial charge in [0, 0.05) is 12.8 Å². The Kier molecular flexibility index (Phi) is 5.60. The number of methoxy groups -OCH3 is 2. The number of carbonyl (C=O) groups excluding carboxylic acids is 2. The van der Waals surface area contributed by atoms with E-state index < -0.39 is 29.4 Å². The van der Waals surface area contributed by atoms with Crippen LogP contribution >= 0.6 is 0 Å². The molecule has 0 amide bonds. The molecule has 1 heterocycles. The first kappa shape index (κ1) is 18.8. The quantitative estimate of drug-likeness (QED) is 0.714. The fraction of sp³-hybridized carbons (Fsp3) is 0.579. The molecule has 1 aliphatic carbocycles. The standard InChI is InChI=1S/C19H24O7/c1-22-16(20)15-19(17(21)23-2,26-18(25-15)10-6-7-11-18)13-24-12-14-8-4-3-5-9-14/h3-5,8-9,15H,6-7,10-13H2,1-2H3/t15-,19+/m0/s1. The summed E-state index contributed by atoms with van der Waals surface area (Å²) in [6.45, 7) is 0.0971. The summed E-state index contributed by atoms with van der Waals surface area (Å²) in [5.74, 6) is -2.35. The Bertz CT molecular complexity index is 639. The average molecular weight is 364 g/mol. The predicted octanol–water partition coefficient (Wildman–Crippen LogP) is 1.97. The highest BCUT2D eigenvalue weighted by atomic mass is 16.8. The molecule has 7 heteroatoms. The van der Waals surface area contributed by atoms with E-state index in [-0.39, 0.29) is 13.2 Å². The van der Waals surface area contributed by atoms with Crippen molar-refractivity contribution in [2.75, 3.05) is 20.8 Å². The molecule has 26 heavy (non-hydrogen) atoms. The highest BCUT2D eigenvalue weighted by Crippen LogP contribution is 2.47. The van der Waals surface area contributed by atoms with Crippen LogP contribution in [-0.2, 0) is 39.9 Å². The minimum atomic E-state index is -1.68. The Balaban J connectivity index is 1.83. The van der Waals surface area contributed by atoms with Crippen LogP contribution in [0, 0.1) is 0 Å². The van der Waals surface area contributed by atoms with E-state index in [2.05, 4.69) is 0 Å². The summed E-state index contributed by atoms with van der Waals surface area (Å²) >= 11 is 0. The Morgan fingerprint density at radius 2 is 1.81 bits per heavy atom. The first-order valence-electron chi connectivity index (χ1n) is 8.71. The van der Waals surface area contributed by atoms with Crippen molar-refractivity contribution in [1.82, 2.24) is 0 Å². The molecular formula is C19H24O7. The second-order valence-electron chi connectivity index (χ2n) is 6.60. The first-order valence-corrected chi connectivity index (χ1v) is 8.71. The van der Waals surface area contributed by atoms with Gasteiger partial charge in [0.1, 0.15) is 0 Å². The van der Waals surface area contributed by atoms with Crippen LogP contribution in [0.5, 0.6) is 0 Å². The van der Waals surface area contributed by atoms with Gasteiger partial charge in [0.2, 0.25) is 5.60 Å². The maximum absolute atomic E-state index is 12.6. The van der Waals surface area contributed by atoms with Crippen LogP contribution in [0.15, 0.2) is 30.3 Å². The molecule has 1 saturated carbocycles. The highest BCUT2D eigenvalue weighted by Gasteiger charge is 2.66. The average Bonchev–Trinajstić information content (AvgIpc) is 3.26. The van der Waals surface area contributed by atoms with E-state index in [9.17, 15) is 9.59 Å². The molecule has 1 aromatic carbocycles. The molecule has 0 bridgehead atoms. The summed E-state index contributed by atoms with van der Waals surface area (Å²) in [4.78, 5) is 25.0. The molecule has 3 rings (SSSR count). The summed E-state index contributed by atoms with van der Waals surface area (Å²) in [7, 11) is 2.50. The van der Waals surface area contributed by atoms with Crippen molar-refractivity contribution in [3.8, 4) is 0 Å². The van der Waals surface area contributed by atoms with Crippen molar-refractivity contribution in [2.24, 2.45) is 0 Å². The predicted molar refractivity (Wildman–Crippen MR) is 90.0 cm³/mol. The van der Waals surface area contributed by atoms with Crippen LogP contribution < -0.4 is 0 Å². The summed E-state index contributed by atoms with van der Waals surface area (Å²) in [5.41, 5.74) is -0.738. The number of hydrogen-bond donors (Lipinski definition) is 0. The first-order chi connectivity index (χ1) is 12.6. The van der Waals surface area contributed by atoms with E-state index in [0.717, 1.165) is 18.4 Å². The minimum Gasteiger partial charge on any atom is -0.467 e. The monoisotopic (exact) mass is 364 g/mol. The largest absolute Gasteiger partial charge is 0.467 e. The Labute approximate surface area is 152 Å². The molecule has 7 nitrogen and oxygen atoms in total. The van der Waals surface area contributed by atoms with Gasteiger partial charge in [-0.3, -0.25) is 0 Å². The second kappa shape index (κ2) is 7.73. The lowest BCUT2D eigenvalue weighted by molar-refractivity contribution is -0.207. The summed E-state index contributed by atoms with van der Waals surface area (Å²) in [6, 6.07) is 9.52. The molecule has 142 valence electrons. The number of hydrogen-bond acceptors (Lipinski definition) is 7. The summed E-state index contributed by atoms with van der Waals surface area (Å²) in [5, 5.41) is 0. The third-order valence-corrected chi connectivity index (χ3v) is 4.86. The van der Waals surface area contributed by atoms with E-state index >= 15 is 0 Å². The lowest BCUT2D eigenvalue weighted by atomic mass is 9.97. The zero-order chi connectivity index (χ0) is 18.6. The van der Waals surface area contributed by atoms with Crippen molar-refractivity contribution in [3.63, 3.8) is 0 Å². The number of rotatable bonds is 6. The van der Waals surface area contributed by atoms with Crippen molar-refractivity contribution in [2.45, 2.75) is 49.8 Å². The molecule has 1 saturated heterocycles. The topological polar surface area (TPSA) is 80.3 Å². The van der Waals surface area contributed by atoms with Crippen molar-refractivity contribution < 1.29 is 33.3 Å². The van der Waals surface area contributed by atoms with Crippen molar-refractivity contribution in [3.05, 3.63) is 35.9 Å². The summed E-state index contributed by atoms with van der Waals surface area (Å²) in [6.07, 6.45) is 1.79. The highest BCUT2D eigenvalue weighted by molar-refractivity contribution is 5.90. The normalized spacial score (nSPS) is 26.8. The lowest BCUT2D eigenvalue weighted by Crippen LogP contribution is -2.55. The maximum atomic E-state index is 12.6. The van der Waals surface area contributed by atoms with Gasteiger partial charge in [0.15, 0.2) is 11.9 Å². The van der Waals surface area contributed by atoms with Crippen molar-refractivity contribution >= 4 is 11.9 Å². The number of benzene rings is 1. The number of esters is 2. The molecule has 1 aromatic rings. The molecule has 0 aromatic heterocycles. The zero-order valence-electron chi connectivity index (χ0n) is 15.1. The van der Waals surface area contributed by atoms with Gasteiger partial charge in [-0.25, -0.2) is 9.59 Å². The van der Waals surface area contributed by atoms with Crippen LogP contribution in [0.3, 0.4) is 0 Å². The molecule has 1 aliphatic heterocycles. The summed E-state index contributed by atoms with van der Waals surface area (Å²) < 4.78 is 27.6. The van der Waals surface area contributed by atoms with E-state index in [1.807, 2.05) is 30.3 Å². The molecule has 2 atom stereocenters. The molecular weight excluding hydrogens is 340 g/mol. The Morgan fingerprint density at radius 1 is 1.12 bits per heavy atom. The zero-order valence-corrected chi connectivity index (χ0v) is 15.1. The third kappa shape index (κ3) is 3.47. The van der Waals surface area contributed by atoms with Gasteiger partial charge < -0.3 is 23.7 Å². The molecule has 2 aliphatic rings. The minimum absolute atomic E-state index is 0.171. The van der Waals surface area contributed by atoms with Crippen molar-refractivity contribution in [1.29, 1.82) is 0 Å². The van der Waals surface area contributed by atoms with Gasteiger partial charge in [-0.2, -0.15) is 0 Å². The van der Waals surface area contributed by atoms with Crippen LogP contribution in [0.4, 0.5) is 0 Å². The third-order valence-electron chi connectivity index (χ3n) is 4.86. The Hall–Kier alpha value is -1.96. The van der Waals surface area contributed by atoms with Crippen LogP contribution in [-0.4, -0.2) is 50.3 Å². The molecule has 0 N–H and O–H groups in total. The molecule has 2 fully saturated rings. The van der Waals surface area contributed by atoms with Gasteiger partial charge in [0.25, 0.3) is 0 Å². The van der Waals surface area contributed by atoms with E-state index in [0.29, 0.717) is 12.8 Å². The molecule has 1 spiro atoms. The van der Waals surface area contributed by atoms with Gasteiger partial charge in [0.05, 0.1) is 27.4 Å². The van der Waals surface area contributed by atoms with Crippen LogP contribution in [0.25, 0.3) is 0 Å². The van der Waals surface area contributed by atoms with Crippen LogP contribution in [0.2, 0.25) is 0 Å². The fourth-order valence-corrected chi connectivity index (χ4v) is 3.58.